The molecule has 1 aromatic heterocycles. The molecule has 2 aromatic rings. The van der Waals surface area contributed by atoms with Crippen LogP contribution in [0.4, 0.5) is 0 Å². The first-order chi connectivity index (χ1) is 8.69. The lowest BCUT2D eigenvalue weighted by Crippen LogP contribution is -2.00. The Morgan fingerprint density at radius 3 is 2.89 bits per heavy atom. The largest absolute Gasteiger partial charge is 0.473 e. The third kappa shape index (κ3) is 3.31. The summed E-state index contributed by atoms with van der Waals surface area (Å²) in [6.07, 6.45) is 1.54. The summed E-state index contributed by atoms with van der Waals surface area (Å²) in [6.45, 7) is 0.372. The van der Waals surface area contributed by atoms with Crippen molar-refractivity contribution in [3.05, 3.63) is 50.4 Å². The molecule has 2 rings (SSSR count). The maximum absolute atomic E-state index is 8.78. The molecule has 0 saturated heterocycles. The van der Waals surface area contributed by atoms with Gasteiger partial charge in [0.25, 0.3) is 0 Å². The highest BCUT2D eigenvalue weighted by atomic mass is 127. The Hall–Kier alpha value is -1.39. The maximum Gasteiger partial charge on any atom is 0.225 e. The molecular weight excluding hydrogens is 365 g/mol. The van der Waals surface area contributed by atoms with E-state index in [4.69, 9.17) is 21.6 Å². The average Bonchev–Trinajstić information content (AvgIpc) is 2.37. The predicted octanol–water partition coefficient (Wildman–Crippen LogP) is 3.19. The molecule has 0 aliphatic carbocycles. The number of aromatic nitrogens is 2. The average molecular weight is 372 g/mol. The summed E-state index contributed by atoms with van der Waals surface area (Å²) in [5, 5.41) is 8.93. The van der Waals surface area contributed by atoms with Gasteiger partial charge in [0.1, 0.15) is 6.61 Å². The van der Waals surface area contributed by atoms with Crippen LogP contribution in [0.15, 0.2) is 30.5 Å². The fraction of sp³-hybridized carbons (Fsp3) is 0.0833. The van der Waals surface area contributed by atoms with E-state index in [0.717, 1.165) is 9.13 Å². The van der Waals surface area contributed by atoms with Crippen molar-refractivity contribution >= 4 is 34.2 Å². The molecule has 1 heterocycles. The van der Waals surface area contributed by atoms with Gasteiger partial charge in [0, 0.05) is 21.4 Å². The second-order valence-corrected chi connectivity index (χ2v) is 4.87. The van der Waals surface area contributed by atoms with E-state index in [1.54, 1.807) is 12.1 Å². The highest BCUT2D eigenvalue weighted by Crippen LogP contribution is 2.17. The standard InChI is InChI=1S/C12H7ClIN3O/c13-12-16-4-3-11(17-12)18-7-9-2-1-8(6-15)5-10(9)14/h1-5H,7H2. The van der Waals surface area contributed by atoms with E-state index in [0.29, 0.717) is 18.1 Å². The molecule has 18 heavy (non-hydrogen) atoms. The van der Waals surface area contributed by atoms with Gasteiger partial charge < -0.3 is 4.74 Å². The van der Waals surface area contributed by atoms with Crippen molar-refractivity contribution in [2.75, 3.05) is 0 Å². The van der Waals surface area contributed by atoms with Gasteiger partial charge in [0.2, 0.25) is 11.2 Å². The van der Waals surface area contributed by atoms with Crippen LogP contribution < -0.4 is 4.74 Å². The quantitative estimate of drug-likeness (QED) is 0.614. The van der Waals surface area contributed by atoms with Gasteiger partial charge in [-0.3, -0.25) is 0 Å². The molecule has 1 aromatic carbocycles. The number of hydrogen-bond acceptors (Lipinski definition) is 4. The van der Waals surface area contributed by atoms with Crippen molar-refractivity contribution in [1.82, 2.24) is 9.97 Å². The predicted molar refractivity (Wildman–Crippen MR) is 75.2 cm³/mol. The lowest BCUT2D eigenvalue weighted by Gasteiger charge is -2.07. The third-order valence-corrected chi connectivity index (χ3v) is 3.34. The Labute approximate surface area is 123 Å². The van der Waals surface area contributed by atoms with E-state index < -0.39 is 0 Å². The van der Waals surface area contributed by atoms with E-state index in [2.05, 4.69) is 38.6 Å². The normalized spacial score (nSPS) is 9.83. The zero-order valence-electron chi connectivity index (χ0n) is 9.10. The summed E-state index contributed by atoms with van der Waals surface area (Å²) >= 11 is 7.83. The Morgan fingerprint density at radius 2 is 2.22 bits per heavy atom. The number of rotatable bonds is 3. The Kier molecular flexibility index (Phi) is 4.33. The van der Waals surface area contributed by atoms with Crippen molar-refractivity contribution in [2.45, 2.75) is 6.61 Å². The molecule has 0 saturated carbocycles. The third-order valence-electron chi connectivity index (χ3n) is 2.16. The first-order valence-corrected chi connectivity index (χ1v) is 6.44. The molecule has 0 spiro atoms. The van der Waals surface area contributed by atoms with Crippen LogP contribution in [0.3, 0.4) is 0 Å². The van der Waals surface area contributed by atoms with E-state index >= 15 is 0 Å². The van der Waals surface area contributed by atoms with Gasteiger partial charge in [-0.1, -0.05) is 6.07 Å². The fourth-order valence-electron chi connectivity index (χ4n) is 1.29. The number of benzene rings is 1. The van der Waals surface area contributed by atoms with Gasteiger partial charge in [-0.15, -0.1) is 0 Å². The zero-order valence-corrected chi connectivity index (χ0v) is 12.0. The Morgan fingerprint density at radius 1 is 1.39 bits per heavy atom. The van der Waals surface area contributed by atoms with Crippen LogP contribution >= 0.6 is 34.2 Å². The second kappa shape index (κ2) is 5.98. The van der Waals surface area contributed by atoms with E-state index in [1.165, 1.54) is 6.20 Å². The molecule has 0 unspecified atom stereocenters. The number of nitriles is 1. The van der Waals surface area contributed by atoms with E-state index in [9.17, 15) is 0 Å². The highest BCUT2D eigenvalue weighted by molar-refractivity contribution is 14.1. The van der Waals surface area contributed by atoms with Crippen LogP contribution in [0.2, 0.25) is 5.28 Å². The molecule has 6 heteroatoms. The van der Waals surface area contributed by atoms with Crippen molar-refractivity contribution in [3.63, 3.8) is 0 Å². The van der Waals surface area contributed by atoms with Crippen LogP contribution in [0, 0.1) is 14.9 Å². The molecule has 0 aliphatic heterocycles. The molecule has 0 N–H and O–H groups in total. The Bertz CT molecular complexity index is 613. The maximum atomic E-state index is 8.78. The van der Waals surface area contributed by atoms with Crippen LogP contribution in [0.5, 0.6) is 5.88 Å². The molecule has 0 atom stereocenters. The lowest BCUT2D eigenvalue weighted by molar-refractivity contribution is 0.292. The molecule has 0 bridgehead atoms. The van der Waals surface area contributed by atoms with Crippen LogP contribution in [-0.2, 0) is 6.61 Å². The topological polar surface area (TPSA) is 58.8 Å². The van der Waals surface area contributed by atoms with E-state index in [1.807, 2.05) is 12.1 Å². The first-order valence-electron chi connectivity index (χ1n) is 4.99. The monoisotopic (exact) mass is 371 g/mol. The summed E-state index contributed by atoms with van der Waals surface area (Å²) in [5.41, 5.74) is 1.62. The zero-order chi connectivity index (χ0) is 13.0. The number of nitrogens with zero attached hydrogens (tertiary/aromatic N) is 3. The smallest absolute Gasteiger partial charge is 0.225 e. The number of halogens is 2. The molecule has 0 radical (unpaired) electrons. The minimum atomic E-state index is 0.155. The van der Waals surface area contributed by atoms with Crippen molar-refractivity contribution in [1.29, 1.82) is 5.26 Å². The summed E-state index contributed by atoms with van der Waals surface area (Å²) in [5.74, 6) is 0.426. The molecule has 0 fully saturated rings. The highest BCUT2D eigenvalue weighted by Gasteiger charge is 2.04. The summed E-state index contributed by atoms with van der Waals surface area (Å²) in [7, 11) is 0. The molecule has 0 amide bonds. The number of hydrogen-bond donors (Lipinski definition) is 0. The summed E-state index contributed by atoms with van der Waals surface area (Å²) < 4.78 is 6.48. The fourth-order valence-corrected chi connectivity index (χ4v) is 2.10. The minimum Gasteiger partial charge on any atom is -0.473 e. The van der Waals surface area contributed by atoms with Crippen molar-refractivity contribution in [2.24, 2.45) is 0 Å². The van der Waals surface area contributed by atoms with Gasteiger partial charge in [-0.05, 0) is 46.3 Å². The van der Waals surface area contributed by atoms with Gasteiger partial charge in [-0.25, -0.2) is 4.98 Å². The van der Waals surface area contributed by atoms with Gasteiger partial charge in [0.15, 0.2) is 0 Å². The van der Waals surface area contributed by atoms with E-state index in [-0.39, 0.29) is 5.28 Å². The Balaban J connectivity index is 2.09. The molecular formula is C12H7ClIN3O. The minimum absolute atomic E-state index is 0.155. The second-order valence-electron chi connectivity index (χ2n) is 3.37. The summed E-state index contributed by atoms with van der Waals surface area (Å²) in [6, 6.07) is 9.17. The lowest BCUT2D eigenvalue weighted by atomic mass is 10.2. The van der Waals surface area contributed by atoms with Crippen LogP contribution in [0.1, 0.15) is 11.1 Å². The van der Waals surface area contributed by atoms with Crippen LogP contribution in [0.25, 0.3) is 0 Å². The van der Waals surface area contributed by atoms with Gasteiger partial charge >= 0.3 is 0 Å². The summed E-state index contributed by atoms with van der Waals surface area (Å²) in [4.78, 5) is 7.70. The van der Waals surface area contributed by atoms with Crippen molar-refractivity contribution in [3.8, 4) is 11.9 Å². The van der Waals surface area contributed by atoms with Crippen LogP contribution in [-0.4, -0.2) is 9.97 Å². The van der Waals surface area contributed by atoms with Crippen molar-refractivity contribution < 1.29 is 4.74 Å². The molecule has 90 valence electrons. The van der Waals surface area contributed by atoms with Gasteiger partial charge in [0.05, 0.1) is 11.6 Å². The first kappa shape index (κ1) is 13.1. The molecule has 4 nitrogen and oxygen atoms in total. The van der Waals surface area contributed by atoms with Gasteiger partial charge in [-0.2, -0.15) is 10.2 Å². The number of ether oxygens (including phenoxy) is 1. The molecule has 0 aliphatic rings. The SMILES string of the molecule is N#Cc1ccc(COc2ccnc(Cl)n2)c(I)c1.